The van der Waals surface area contributed by atoms with Crippen molar-refractivity contribution in [1.82, 2.24) is 16.0 Å². The Morgan fingerprint density at radius 1 is 0.929 bits per heavy atom. The molecule has 0 saturated heterocycles. The first-order valence-corrected chi connectivity index (χ1v) is 9.29. The summed E-state index contributed by atoms with van der Waals surface area (Å²) in [5.74, 6) is -5.22. The Hall–Kier alpha value is -2.34. The molecule has 0 fully saturated rings. The highest BCUT2D eigenvalue weighted by Crippen LogP contribution is 2.06. The second kappa shape index (κ2) is 12.2. The summed E-state index contributed by atoms with van der Waals surface area (Å²) in [5.41, 5.74) is 5.81. The first-order chi connectivity index (χ1) is 12.9. The Labute approximate surface area is 168 Å². The van der Waals surface area contributed by atoms with Crippen LogP contribution in [-0.2, 0) is 24.0 Å². The molecule has 28 heavy (non-hydrogen) atoms. The van der Waals surface area contributed by atoms with Crippen LogP contribution in [0.25, 0.3) is 0 Å². The maximum absolute atomic E-state index is 12.3. The minimum absolute atomic E-state index is 0.0596. The second-order valence-electron chi connectivity index (χ2n) is 6.38. The highest BCUT2D eigenvalue weighted by molar-refractivity contribution is 7.80. The van der Waals surface area contributed by atoms with Gasteiger partial charge in [0.1, 0.15) is 18.1 Å². The van der Waals surface area contributed by atoms with Gasteiger partial charge in [-0.1, -0.05) is 20.3 Å². The van der Waals surface area contributed by atoms with Crippen molar-refractivity contribution < 1.29 is 34.2 Å². The Morgan fingerprint density at radius 2 is 1.46 bits per heavy atom. The number of hydrogen-bond acceptors (Lipinski definition) is 7. The predicted octanol–water partition coefficient (Wildman–Crippen LogP) is -1.68. The van der Waals surface area contributed by atoms with Gasteiger partial charge in [0.05, 0.1) is 12.5 Å². The molecule has 0 aliphatic carbocycles. The largest absolute Gasteiger partial charge is 0.481 e. The summed E-state index contributed by atoms with van der Waals surface area (Å²) in [6.07, 6.45) is -0.144. The van der Waals surface area contributed by atoms with Crippen molar-refractivity contribution in [2.75, 3.05) is 5.75 Å². The summed E-state index contributed by atoms with van der Waals surface area (Å²) in [6, 6.07) is -4.69. The number of carbonyl (C=O) groups is 5. The zero-order chi connectivity index (χ0) is 22.0. The Balaban J connectivity index is 4.86. The first-order valence-electron chi connectivity index (χ1n) is 8.66. The van der Waals surface area contributed by atoms with Gasteiger partial charge in [0.15, 0.2) is 0 Å². The lowest BCUT2D eigenvalue weighted by molar-refractivity contribution is -0.147. The third kappa shape index (κ3) is 8.57. The lowest BCUT2D eigenvalue weighted by Crippen LogP contribution is -2.57. The minimum atomic E-state index is -1.64. The number of hydrogen-bond donors (Lipinski definition) is 7. The molecule has 0 radical (unpaired) electrons. The predicted molar refractivity (Wildman–Crippen MR) is 103 cm³/mol. The third-order valence-electron chi connectivity index (χ3n) is 4.12. The summed E-state index contributed by atoms with van der Waals surface area (Å²) < 4.78 is 0. The fourth-order valence-corrected chi connectivity index (χ4v) is 2.28. The number of carboxylic acid groups (broad SMARTS) is 2. The van der Waals surface area contributed by atoms with Gasteiger partial charge in [0.2, 0.25) is 17.7 Å². The molecule has 0 spiro atoms. The van der Waals surface area contributed by atoms with Crippen LogP contribution >= 0.6 is 12.6 Å². The molecular weight excluding hydrogens is 392 g/mol. The average molecular weight is 420 g/mol. The quantitative estimate of drug-likeness (QED) is 0.182. The number of carbonyl (C=O) groups excluding carboxylic acids is 3. The van der Waals surface area contributed by atoms with Crippen molar-refractivity contribution in [2.45, 2.75) is 57.8 Å². The molecule has 3 amide bonds. The van der Waals surface area contributed by atoms with E-state index in [-0.39, 0.29) is 11.7 Å². The lowest BCUT2D eigenvalue weighted by Gasteiger charge is -2.23. The molecule has 5 unspecified atom stereocenters. The fraction of sp³-hybridized carbons (Fsp3) is 0.688. The summed E-state index contributed by atoms with van der Waals surface area (Å²) in [7, 11) is 0. The molecule has 0 rings (SSSR count). The summed E-state index contributed by atoms with van der Waals surface area (Å²) >= 11 is 4.01. The normalized spacial score (nSPS) is 16.0. The Morgan fingerprint density at radius 3 is 1.89 bits per heavy atom. The molecule has 0 aromatic rings. The van der Waals surface area contributed by atoms with Gasteiger partial charge >= 0.3 is 11.9 Å². The number of thiol groups is 1. The number of nitrogens with two attached hydrogens (primary N) is 1. The highest BCUT2D eigenvalue weighted by atomic mass is 32.1. The first kappa shape index (κ1) is 25.7. The van der Waals surface area contributed by atoms with Gasteiger partial charge in [0.25, 0.3) is 0 Å². The van der Waals surface area contributed by atoms with E-state index in [1.54, 1.807) is 6.92 Å². The zero-order valence-corrected chi connectivity index (χ0v) is 16.9. The number of rotatable bonds is 12. The van der Waals surface area contributed by atoms with Crippen LogP contribution in [0, 0.1) is 5.92 Å². The molecular formula is C16H28N4O7S. The Bertz CT molecular complexity index is 602. The number of aliphatic carboxylic acids is 2. The average Bonchev–Trinajstić information content (AvgIpc) is 2.62. The maximum Gasteiger partial charge on any atom is 0.326 e. The summed E-state index contributed by atoms with van der Waals surface area (Å²) in [6.45, 7) is 4.95. The van der Waals surface area contributed by atoms with Crippen LogP contribution in [-0.4, -0.2) is 69.8 Å². The minimum Gasteiger partial charge on any atom is -0.481 e. The van der Waals surface area contributed by atoms with Crippen molar-refractivity contribution in [3.63, 3.8) is 0 Å². The van der Waals surface area contributed by atoms with Crippen molar-refractivity contribution in [1.29, 1.82) is 0 Å². The van der Waals surface area contributed by atoms with Gasteiger partial charge in [-0.05, 0) is 12.8 Å². The molecule has 0 saturated carbocycles. The van der Waals surface area contributed by atoms with Crippen molar-refractivity contribution >= 4 is 42.3 Å². The highest BCUT2D eigenvalue weighted by Gasteiger charge is 2.29. The molecule has 0 aliphatic rings. The van der Waals surface area contributed by atoms with Crippen molar-refractivity contribution in [3.8, 4) is 0 Å². The van der Waals surface area contributed by atoms with E-state index in [1.165, 1.54) is 6.92 Å². The number of amides is 3. The molecule has 11 nitrogen and oxygen atoms in total. The van der Waals surface area contributed by atoms with Crippen LogP contribution in [0.1, 0.15) is 33.6 Å². The van der Waals surface area contributed by atoms with Crippen LogP contribution in [0.5, 0.6) is 0 Å². The van der Waals surface area contributed by atoms with E-state index in [1.807, 2.05) is 12.2 Å². The van der Waals surface area contributed by atoms with Crippen LogP contribution in [0.15, 0.2) is 0 Å². The summed E-state index contributed by atoms with van der Waals surface area (Å²) in [5, 5.41) is 24.4. The molecule has 0 aliphatic heterocycles. The smallest absolute Gasteiger partial charge is 0.326 e. The van der Waals surface area contributed by atoms with Gasteiger partial charge in [-0.25, -0.2) is 4.79 Å². The Kier molecular flexibility index (Phi) is 11.2. The van der Waals surface area contributed by atoms with E-state index in [4.69, 9.17) is 15.9 Å². The van der Waals surface area contributed by atoms with Gasteiger partial charge in [-0.2, -0.15) is 12.6 Å². The van der Waals surface area contributed by atoms with Gasteiger partial charge in [-0.15, -0.1) is 0 Å². The van der Waals surface area contributed by atoms with Crippen LogP contribution < -0.4 is 21.7 Å². The standard InChI is InChI=1S/C16H28N4O7S/c1-4-7(2)12(17)15(25)20-10(6-28)14(24)18-8(3)13(23)19-9(16(26)27)5-11(21)22/h7-10,12,28H,4-6,17H2,1-3H3,(H,18,24)(H,19,23)(H,20,25)(H,21,22)(H,26,27). The molecule has 0 bridgehead atoms. The molecule has 0 heterocycles. The van der Waals surface area contributed by atoms with Gasteiger partial charge in [0, 0.05) is 5.75 Å². The SMILES string of the molecule is CCC(C)C(N)C(=O)NC(CS)C(=O)NC(C)C(=O)NC(CC(=O)O)C(=O)O. The van der Waals surface area contributed by atoms with E-state index in [0.717, 1.165) is 0 Å². The van der Waals surface area contributed by atoms with Crippen LogP contribution in [0.3, 0.4) is 0 Å². The van der Waals surface area contributed by atoms with Crippen LogP contribution in [0.2, 0.25) is 0 Å². The van der Waals surface area contributed by atoms with E-state index in [0.29, 0.717) is 6.42 Å². The van der Waals surface area contributed by atoms with E-state index < -0.39 is 60.2 Å². The molecule has 160 valence electrons. The fourth-order valence-electron chi connectivity index (χ4n) is 2.03. The molecule has 0 aromatic carbocycles. The molecule has 12 heteroatoms. The van der Waals surface area contributed by atoms with Gasteiger partial charge in [-0.3, -0.25) is 19.2 Å². The van der Waals surface area contributed by atoms with Crippen molar-refractivity contribution in [3.05, 3.63) is 0 Å². The van der Waals surface area contributed by atoms with Crippen LogP contribution in [0.4, 0.5) is 0 Å². The van der Waals surface area contributed by atoms with E-state index in [9.17, 15) is 24.0 Å². The summed E-state index contributed by atoms with van der Waals surface area (Å²) in [4.78, 5) is 58.1. The topological polar surface area (TPSA) is 188 Å². The van der Waals surface area contributed by atoms with Crippen molar-refractivity contribution in [2.24, 2.45) is 11.7 Å². The third-order valence-corrected chi connectivity index (χ3v) is 4.49. The monoisotopic (exact) mass is 420 g/mol. The number of nitrogens with one attached hydrogen (secondary N) is 3. The molecule has 7 N–H and O–H groups in total. The molecule has 0 aromatic heterocycles. The maximum atomic E-state index is 12.3. The zero-order valence-electron chi connectivity index (χ0n) is 16.0. The number of carboxylic acids is 2. The lowest BCUT2D eigenvalue weighted by atomic mass is 9.99. The van der Waals surface area contributed by atoms with E-state index >= 15 is 0 Å². The van der Waals surface area contributed by atoms with E-state index in [2.05, 4.69) is 23.3 Å². The molecule has 5 atom stereocenters. The second-order valence-corrected chi connectivity index (χ2v) is 6.75. The van der Waals surface area contributed by atoms with Gasteiger partial charge < -0.3 is 31.9 Å².